The Morgan fingerprint density at radius 1 is 0.447 bits per heavy atom. The first-order valence-corrected chi connectivity index (χ1v) is 13.6. The van der Waals surface area contributed by atoms with Gasteiger partial charge in [-0.2, -0.15) is 0 Å². The molecule has 0 amide bonds. The molecule has 6 nitrogen and oxygen atoms in total. The van der Waals surface area contributed by atoms with Crippen LogP contribution in [0.25, 0.3) is 35.4 Å². The molecule has 0 bridgehead atoms. The van der Waals surface area contributed by atoms with Crippen LogP contribution in [0.5, 0.6) is 0 Å². The van der Waals surface area contributed by atoms with Gasteiger partial charge in [0.05, 0.1) is 9.79 Å². The minimum Gasteiger partial charge on any atom is -0.744 e. The fraction of sp³-hybridized carbons (Fsp3) is 0. The van der Waals surface area contributed by atoms with E-state index in [1.54, 1.807) is 60.7 Å². The van der Waals surface area contributed by atoms with Gasteiger partial charge in [0.2, 0.25) is 0 Å². The van der Waals surface area contributed by atoms with Crippen molar-refractivity contribution in [2.24, 2.45) is 0 Å². The van der Waals surface area contributed by atoms with Crippen LogP contribution in [0.15, 0.2) is 107 Å². The zero-order chi connectivity index (χ0) is 25.8. The molecular weight excluding hydrogens is 542 g/mol. The summed E-state index contributed by atoms with van der Waals surface area (Å²) in [7, 11) is -10.1. The third-order valence-electron chi connectivity index (χ3n) is 5.39. The van der Waals surface area contributed by atoms with E-state index in [1.165, 1.54) is 48.6 Å². The zero-order valence-electron chi connectivity index (χ0n) is 20.8. The summed E-state index contributed by atoms with van der Waals surface area (Å²) in [6, 6.07) is 26.6. The monoisotopic (exact) mass is 562 g/mol. The SMILES string of the molecule is O=S(=O)([O-])c1c(/C=C/c2ccccc2)cccc1-c1cccc(/C=C/c2ccccc2)c1S(=O)(=O)[O-].[Na+].[Na+]. The zero-order valence-corrected chi connectivity index (χ0v) is 26.4. The Morgan fingerprint density at radius 2 is 0.789 bits per heavy atom. The first-order chi connectivity index (χ1) is 17.1. The maximum atomic E-state index is 12.4. The topological polar surface area (TPSA) is 114 Å². The molecule has 0 unspecified atom stereocenters. The summed E-state index contributed by atoms with van der Waals surface area (Å²) >= 11 is 0. The van der Waals surface area contributed by atoms with Crippen molar-refractivity contribution in [2.45, 2.75) is 9.79 Å². The van der Waals surface area contributed by atoms with E-state index in [0.29, 0.717) is 0 Å². The minimum absolute atomic E-state index is 0. The standard InChI is InChI=1S/C28H22O6S2.2Na/c29-35(30,31)27-23(19-17-21-9-3-1-4-10-21)13-7-15-25(27)26-16-8-14-24(28(26)36(32,33)34)20-18-22-11-5-2-6-12-22;;/h1-20H,(H,29,30,31)(H,32,33,34);;/q;2*+1/p-2/b19-17+,20-18+;;. The van der Waals surface area contributed by atoms with Gasteiger partial charge in [-0.3, -0.25) is 0 Å². The summed E-state index contributed by atoms with van der Waals surface area (Å²) in [4.78, 5) is -1.21. The van der Waals surface area contributed by atoms with Crippen molar-refractivity contribution in [3.63, 3.8) is 0 Å². The molecule has 0 heterocycles. The van der Waals surface area contributed by atoms with Crippen molar-refractivity contribution >= 4 is 44.5 Å². The molecule has 0 aliphatic carbocycles. The van der Waals surface area contributed by atoms with Crippen molar-refractivity contribution in [1.82, 2.24) is 0 Å². The van der Waals surface area contributed by atoms with Crippen LogP contribution in [-0.2, 0) is 20.2 Å². The Kier molecular flexibility index (Phi) is 11.9. The number of hydrogen-bond donors (Lipinski definition) is 0. The van der Waals surface area contributed by atoms with Gasteiger partial charge in [0, 0.05) is 11.1 Å². The molecule has 0 N–H and O–H groups in total. The van der Waals surface area contributed by atoms with E-state index in [9.17, 15) is 25.9 Å². The summed E-state index contributed by atoms with van der Waals surface area (Å²) in [6.45, 7) is 0. The normalized spacial score (nSPS) is 11.7. The maximum Gasteiger partial charge on any atom is 1.00 e. The molecule has 0 aromatic heterocycles. The molecule has 10 heteroatoms. The van der Waals surface area contributed by atoms with Gasteiger partial charge in [0.1, 0.15) is 20.2 Å². The van der Waals surface area contributed by atoms with E-state index < -0.39 is 30.0 Å². The quantitative estimate of drug-likeness (QED) is 0.171. The van der Waals surface area contributed by atoms with Gasteiger partial charge in [0.15, 0.2) is 0 Å². The average Bonchev–Trinajstić information content (AvgIpc) is 2.86. The van der Waals surface area contributed by atoms with Crippen molar-refractivity contribution in [2.75, 3.05) is 0 Å². The summed E-state index contributed by atoms with van der Waals surface area (Å²) in [5, 5.41) is 0. The molecule has 38 heavy (non-hydrogen) atoms. The van der Waals surface area contributed by atoms with Crippen molar-refractivity contribution in [3.8, 4) is 11.1 Å². The predicted octanol–water partition coefficient (Wildman–Crippen LogP) is -0.489. The second-order valence-electron chi connectivity index (χ2n) is 7.84. The molecule has 182 valence electrons. The van der Waals surface area contributed by atoms with Crippen LogP contribution in [0, 0.1) is 0 Å². The Balaban J connectivity index is 0.00000253. The Bertz CT molecular complexity index is 1540. The van der Waals surface area contributed by atoms with Gasteiger partial charge in [-0.25, -0.2) is 16.8 Å². The smallest absolute Gasteiger partial charge is 0.744 e. The van der Waals surface area contributed by atoms with Gasteiger partial charge in [-0.1, -0.05) is 121 Å². The summed E-state index contributed by atoms with van der Waals surface area (Å²) in [5.74, 6) is 0. The third kappa shape index (κ3) is 8.09. The molecule has 0 aliphatic rings. The maximum absolute atomic E-state index is 12.4. The van der Waals surface area contributed by atoms with E-state index in [1.807, 2.05) is 12.1 Å². The fourth-order valence-electron chi connectivity index (χ4n) is 3.85. The van der Waals surface area contributed by atoms with E-state index in [4.69, 9.17) is 0 Å². The second-order valence-corrected chi connectivity index (χ2v) is 10.5. The average molecular weight is 563 g/mol. The van der Waals surface area contributed by atoms with Crippen LogP contribution in [0.1, 0.15) is 22.3 Å². The molecule has 4 rings (SSSR count). The number of hydrogen-bond acceptors (Lipinski definition) is 6. The molecular formula is C28H20Na2O6S2. The van der Waals surface area contributed by atoms with Crippen LogP contribution >= 0.6 is 0 Å². The second kappa shape index (κ2) is 14.0. The van der Waals surface area contributed by atoms with E-state index in [2.05, 4.69) is 0 Å². The molecule has 4 aromatic carbocycles. The van der Waals surface area contributed by atoms with Crippen LogP contribution in [0.3, 0.4) is 0 Å². The largest absolute Gasteiger partial charge is 1.00 e. The van der Waals surface area contributed by atoms with Crippen molar-refractivity contribution in [1.29, 1.82) is 0 Å². The third-order valence-corrected chi connectivity index (χ3v) is 7.30. The van der Waals surface area contributed by atoms with Gasteiger partial charge in [-0.05, 0) is 22.3 Å². The van der Waals surface area contributed by atoms with Gasteiger partial charge >= 0.3 is 59.1 Å². The van der Waals surface area contributed by atoms with Gasteiger partial charge < -0.3 is 9.11 Å². The van der Waals surface area contributed by atoms with Crippen LogP contribution in [0.4, 0.5) is 0 Å². The molecule has 0 atom stereocenters. The van der Waals surface area contributed by atoms with Crippen LogP contribution < -0.4 is 59.1 Å². The molecule has 0 radical (unpaired) electrons. The van der Waals surface area contributed by atoms with Crippen molar-refractivity contribution < 1.29 is 85.1 Å². The molecule has 0 saturated heterocycles. The summed E-state index contributed by atoms with van der Waals surface area (Å²) in [5.41, 5.74) is 1.37. The molecule has 4 aromatic rings. The number of rotatable bonds is 7. The van der Waals surface area contributed by atoms with Gasteiger partial charge in [0.25, 0.3) is 0 Å². The predicted molar refractivity (Wildman–Crippen MR) is 139 cm³/mol. The Hall–Kier alpha value is -1.82. The molecule has 0 spiro atoms. The number of benzene rings is 4. The van der Waals surface area contributed by atoms with Gasteiger partial charge in [-0.15, -0.1) is 0 Å². The van der Waals surface area contributed by atoms with Crippen LogP contribution in [-0.4, -0.2) is 25.9 Å². The molecule has 0 aliphatic heterocycles. The Morgan fingerprint density at radius 3 is 1.11 bits per heavy atom. The molecule has 0 fully saturated rings. The van der Waals surface area contributed by atoms with E-state index >= 15 is 0 Å². The minimum atomic E-state index is -5.06. The van der Waals surface area contributed by atoms with Crippen molar-refractivity contribution in [3.05, 3.63) is 119 Å². The first-order valence-electron chi connectivity index (χ1n) is 10.8. The van der Waals surface area contributed by atoms with E-state index in [-0.39, 0.29) is 81.4 Å². The summed E-state index contributed by atoms with van der Waals surface area (Å²) in [6.07, 6.45) is 6.21. The summed E-state index contributed by atoms with van der Waals surface area (Å²) < 4.78 is 74.3. The molecule has 0 saturated carbocycles. The first kappa shape index (κ1) is 32.4. The Labute approximate surface area is 267 Å². The fourth-order valence-corrected chi connectivity index (χ4v) is 5.60. The van der Waals surface area contributed by atoms with Crippen LogP contribution in [0.2, 0.25) is 0 Å². The van der Waals surface area contributed by atoms with E-state index in [0.717, 1.165) is 11.1 Å².